The van der Waals surface area contributed by atoms with Crippen molar-refractivity contribution in [1.29, 1.82) is 0 Å². The highest BCUT2D eigenvalue weighted by Crippen LogP contribution is 2.17. The molecule has 4 heteroatoms. The molecule has 0 fully saturated rings. The Balaban J connectivity index is 2.64. The van der Waals surface area contributed by atoms with Crippen molar-refractivity contribution in [1.82, 2.24) is 0 Å². The molecule has 0 aliphatic heterocycles. The number of aliphatic hydroxyl groups excluding tert-OH is 1. The highest BCUT2D eigenvalue weighted by molar-refractivity contribution is 5.45. The van der Waals surface area contributed by atoms with Crippen LogP contribution in [0.2, 0.25) is 0 Å². The second-order valence-corrected chi connectivity index (χ2v) is 2.60. The summed E-state index contributed by atoms with van der Waals surface area (Å²) in [6, 6.07) is 3.68. The zero-order chi connectivity index (χ0) is 9.68. The second-order valence-electron chi connectivity index (χ2n) is 2.60. The number of aliphatic hydroxyl groups is 1. The molecule has 1 aromatic carbocycles. The van der Waals surface area contributed by atoms with E-state index in [1.807, 2.05) is 0 Å². The SMILES string of the molecule is OCCCNc1c(F)cccc1F. The molecule has 0 saturated carbocycles. The second kappa shape index (κ2) is 4.77. The molecule has 0 unspecified atom stereocenters. The normalized spacial score (nSPS) is 10.1. The molecule has 0 atom stereocenters. The van der Waals surface area contributed by atoms with Gasteiger partial charge in [-0.2, -0.15) is 0 Å². The first-order chi connectivity index (χ1) is 6.25. The van der Waals surface area contributed by atoms with Crippen molar-refractivity contribution in [3.05, 3.63) is 29.8 Å². The standard InChI is InChI=1S/C9H11F2NO/c10-7-3-1-4-8(11)9(7)12-5-2-6-13/h1,3-4,12-13H,2,5-6H2. The molecule has 1 aromatic rings. The van der Waals surface area contributed by atoms with Gasteiger partial charge < -0.3 is 10.4 Å². The van der Waals surface area contributed by atoms with Gasteiger partial charge in [0, 0.05) is 13.2 Å². The van der Waals surface area contributed by atoms with E-state index in [1.54, 1.807) is 0 Å². The number of nitrogens with one attached hydrogen (secondary N) is 1. The van der Waals surface area contributed by atoms with Gasteiger partial charge >= 0.3 is 0 Å². The molecule has 0 aliphatic carbocycles. The maximum Gasteiger partial charge on any atom is 0.149 e. The van der Waals surface area contributed by atoms with E-state index >= 15 is 0 Å². The minimum atomic E-state index is -0.613. The van der Waals surface area contributed by atoms with Gasteiger partial charge in [0.05, 0.1) is 0 Å². The smallest absolute Gasteiger partial charge is 0.149 e. The predicted molar refractivity (Wildman–Crippen MR) is 46.6 cm³/mol. The Bertz CT molecular complexity index is 258. The lowest BCUT2D eigenvalue weighted by molar-refractivity contribution is 0.292. The highest BCUT2D eigenvalue weighted by Gasteiger charge is 2.05. The van der Waals surface area contributed by atoms with E-state index in [0.29, 0.717) is 13.0 Å². The molecule has 1 rings (SSSR count). The van der Waals surface area contributed by atoms with Crippen molar-refractivity contribution in [2.75, 3.05) is 18.5 Å². The minimum Gasteiger partial charge on any atom is -0.396 e. The van der Waals surface area contributed by atoms with Gasteiger partial charge in [0.15, 0.2) is 0 Å². The van der Waals surface area contributed by atoms with Gasteiger partial charge in [-0.1, -0.05) is 6.07 Å². The summed E-state index contributed by atoms with van der Waals surface area (Å²) in [6.07, 6.45) is 0.466. The number of hydrogen-bond donors (Lipinski definition) is 2. The van der Waals surface area contributed by atoms with Crippen LogP contribution in [0.25, 0.3) is 0 Å². The first-order valence-corrected chi connectivity index (χ1v) is 4.04. The molecular formula is C9H11F2NO. The van der Waals surface area contributed by atoms with E-state index in [2.05, 4.69) is 5.32 Å². The Hall–Kier alpha value is -1.16. The topological polar surface area (TPSA) is 32.3 Å². The molecule has 0 heterocycles. The lowest BCUT2D eigenvalue weighted by Gasteiger charge is -2.06. The van der Waals surface area contributed by atoms with E-state index in [9.17, 15) is 8.78 Å². The Morgan fingerprint density at radius 1 is 1.23 bits per heavy atom. The van der Waals surface area contributed by atoms with Crippen LogP contribution in [-0.4, -0.2) is 18.3 Å². The number of para-hydroxylation sites is 1. The van der Waals surface area contributed by atoms with Crippen LogP contribution in [-0.2, 0) is 0 Å². The summed E-state index contributed by atoms with van der Waals surface area (Å²) >= 11 is 0. The van der Waals surface area contributed by atoms with Crippen LogP contribution in [0.5, 0.6) is 0 Å². The largest absolute Gasteiger partial charge is 0.396 e. The zero-order valence-corrected chi connectivity index (χ0v) is 7.06. The van der Waals surface area contributed by atoms with Crippen molar-refractivity contribution >= 4 is 5.69 Å². The maximum atomic E-state index is 12.9. The molecule has 2 N–H and O–H groups in total. The Morgan fingerprint density at radius 3 is 2.38 bits per heavy atom. The van der Waals surface area contributed by atoms with Crippen LogP contribution in [0.3, 0.4) is 0 Å². The summed E-state index contributed by atoms with van der Waals surface area (Å²) in [6.45, 7) is 0.359. The number of rotatable bonds is 4. The van der Waals surface area contributed by atoms with Crippen molar-refractivity contribution < 1.29 is 13.9 Å². The molecule has 0 spiro atoms. The van der Waals surface area contributed by atoms with E-state index in [0.717, 1.165) is 0 Å². The first-order valence-electron chi connectivity index (χ1n) is 4.04. The van der Waals surface area contributed by atoms with Gasteiger partial charge in [0.2, 0.25) is 0 Å². The monoisotopic (exact) mass is 187 g/mol. The van der Waals surface area contributed by atoms with Gasteiger partial charge in [-0.05, 0) is 18.6 Å². The van der Waals surface area contributed by atoms with Crippen LogP contribution in [0.1, 0.15) is 6.42 Å². The number of hydrogen-bond acceptors (Lipinski definition) is 2. The quantitative estimate of drug-likeness (QED) is 0.704. The lowest BCUT2D eigenvalue weighted by Crippen LogP contribution is -2.06. The molecular weight excluding hydrogens is 176 g/mol. The van der Waals surface area contributed by atoms with E-state index in [-0.39, 0.29) is 12.3 Å². The summed E-state index contributed by atoms with van der Waals surface area (Å²) in [7, 11) is 0. The molecule has 0 saturated heterocycles. The van der Waals surface area contributed by atoms with Crippen LogP contribution >= 0.6 is 0 Å². The zero-order valence-electron chi connectivity index (χ0n) is 7.06. The molecule has 0 aliphatic rings. The van der Waals surface area contributed by atoms with Gasteiger partial charge in [-0.15, -0.1) is 0 Å². The van der Waals surface area contributed by atoms with Gasteiger partial charge in [0.1, 0.15) is 17.3 Å². The van der Waals surface area contributed by atoms with E-state index in [4.69, 9.17) is 5.11 Å². The van der Waals surface area contributed by atoms with Crippen LogP contribution in [0.15, 0.2) is 18.2 Å². The molecule has 2 nitrogen and oxygen atoms in total. The summed E-state index contributed by atoms with van der Waals surface area (Å²) in [4.78, 5) is 0. The third-order valence-electron chi connectivity index (χ3n) is 1.60. The Kier molecular flexibility index (Phi) is 3.64. The van der Waals surface area contributed by atoms with Crippen molar-refractivity contribution in [2.24, 2.45) is 0 Å². The number of benzene rings is 1. The van der Waals surface area contributed by atoms with Crippen LogP contribution < -0.4 is 5.32 Å². The third kappa shape index (κ3) is 2.66. The van der Waals surface area contributed by atoms with Crippen molar-refractivity contribution in [3.63, 3.8) is 0 Å². The molecule has 13 heavy (non-hydrogen) atoms. The van der Waals surface area contributed by atoms with Crippen LogP contribution in [0.4, 0.5) is 14.5 Å². The van der Waals surface area contributed by atoms with E-state index < -0.39 is 11.6 Å². The molecule has 0 aromatic heterocycles. The Morgan fingerprint density at radius 2 is 1.85 bits per heavy atom. The van der Waals surface area contributed by atoms with Crippen molar-refractivity contribution in [2.45, 2.75) is 6.42 Å². The Labute approximate surface area is 75.2 Å². The summed E-state index contributed by atoms with van der Waals surface area (Å²) in [5, 5.41) is 11.0. The first kappa shape index (κ1) is 9.92. The molecule has 0 amide bonds. The molecule has 72 valence electrons. The van der Waals surface area contributed by atoms with Crippen LogP contribution in [0, 0.1) is 11.6 Å². The fourth-order valence-electron chi connectivity index (χ4n) is 0.959. The number of anilines is 1. The average Bonchev–Trinajstić information content (AvgIpc) is 2.10. The summed E-state index contributed by atoms with van der Waals surface area (Å²) < 4.78 is 25.8. The predicted octanol–water partition coefficient (Wildman–Crippen LogP) is 1.76. The third-order valence-corrected chi connectivity index (χ3v) is 1.60. The average molecular weight is 187 g/mol. The highest BCUT2D eigenvalue weighted by atomic mass is 19.1. The van der Waals surface area contributed by atoms with Crippen molar-refractivity contribution in [3.8, 4) is 0 Å². The van der Waals surface area contributed by atoms with Gasteiger partial charge in [-0.3, -0.25) is 0 Å². The maximum absolute atomic E-state index is 12.9. The number of halogens is 2. The van der Waals surface area contributed by atoms with E-state index in [1.165, 1.54) is 18.2 Å². The summed E-state index contributed by atoms with van der Waals surface area (Å²) in [5.41, 5.74) is -0.129. The molecule has 0 radical (unpaired) electrons. The fourth-order valence-corrected chi connectivity index (χ4v) is 0.959. The minimum absolute atomic E-state index is 0.00305. The lowest BCUT2D eigenvalue weighted by atomic mass is 10.3. The molecule has 0 bridgehead atoms. The van der Waals surface area contributed by atoms with Gasteiger partial charge in [0.25, 0.3) is 0 Å². The summed E-state index contributed by atoms with van der Waals surface area (Å²) in [5.74, 6) is -1.23. The fraction of sp³-hybridized carbons (Fsp3) is 0.333. The van der Waals surface area contributed by atoms with Gasteiger partial charge in [-0.25, -0.2) is 8.78 Å².